The van der Waals surface area contributed by atoms with Gasteiger partial charge in [-0.2, -0.15) is 0 Å². The van der Waals surface area contributed by atoms with Gasteiger partial charge in [0.25, 0.3) is 5.78 Å². The molecule has 1 saturated heterocycles. The van der Waals surface area contributed by atoms with Crippen LogP contribution in [0.25, 0.3) is 5.76 Å². The first-order chi connectivity index (χ1) is 16.4. The minimum atomic E-state index is -0.861. The highest BCUT2D eigenvalue weighted by Crippen LogP contribution is 2.42. The van der Waals surface area contributed by atoms with Gasteiger partial charge in [0.1, 0.15) is 17.3 Å². The Hall–Kier alpha value is -3.87. The Labute approximate surface area is 198 Å². The summed E-state index contributed by atoms with van der Waals surface area (Å²) < 4.78 is 11.0. The number of aryl methyl sites for hydroxylation is 2. The zero-order chi connectivity index (χ0) is 24.2. The molecule has 1 N–H and O–H groups in total. The molecule has 2 heterocycles. The van der Waals surface area contributed by atoms with Crippen molar-refractivity contribution in [1.82, 2.24) is 5.16 Å². The van der Waals surface area contributed by atoms with Crippen LogP contribution in [0.3, 0.4) is 0 Å². The van der Waals surface area contributed by atoms with Gasteiger partial charge in [0.15, 0.2) is 5.82 Å². The summed E-state index contributed by atoms with van der Waals surface area (Å²) in [5, 5.41) is 15.1. The van der Waals surface area contributed by atoms with E-state index < -0.39 is 17.7 Å². The van der Waals surface area contributed by atoms with Crippen LogP contribution in [-0.4, -0.2) is 28.6 Å². The topological polar surface area (TPSA) is 92.9 Å². The Balaban J connectivity index is 1.76. The molecule has 7 heteroatoms. The Kier molecular flexibility index (Phi) is 6.82. The van der Waals surface area contributed by atoms with Gasteiger partial charge in [-0.1, -0.05) is 66.9 Å². The van der Waals surface area contributed by atoms with Crippen molar-refractivity contribution in [3.63, 3.8) is 0 Å². The maximum atomic E-state index is 13.1. The molecule has 3 aromatic rings. The number of aliphatic hydroxyl groups excluding tert-OH is 1. The molecular formula is C27H28N2O5. The number of benzene rings is 2. The fourth-order valence-electron chi connectivity index (χ4n) is 4.01. The van der Waals surface area contributed by atoms with Crippen LogP contribution in [0.5, 0.6) is 5.75 Å². The van der Waals surface area contributed by atoms with Crippen molar-refractivity contribution in [1.29, 1.82) is 0 Å². The molecule has 176 valence electrons. The van der Waals surface area contributed by atoms with Crippen molar-refractivity contribution >= 4 is 23.3 Å². The van der Waals surface area contributed by atoms with Crippen molar-refractivity contribution in [2.24, 2.45) is 0 Å². The lowest BCUT2D eigenvalue weighted by molar-refractivity contribution is -0.132. The Morgan fingerprint density at radius 1 is 1.06 bits per heavy atom. The van der Waals surface area contributed by atoms with E-state index in [4.69, 9.17) is 9.26 Å². The normalized spacial score (nSPS) is 17.4. The molecule has 0 saturated carbocycles. The molecule has 0 spiro atoms. The maximum absolute atomic E-state index is 13.1. The van der Waals surface area contributed by atoms with Gasteiger partial charge in [-0.05, 0) is 38.0 Å². The number of ketones is 1. The predicted octanol–water partition coefficient (Wildman–Crippen LogP) is 5.49. The maximum Gasteiger partial charge on any atom is 0.301 e. The quantitative estimate of drug-likeness (QED) is 0.207. The number of anilines is 1. The molecule has 34 heavy (non-hydrogen) atoms. The fourth-order valence-corrected chi connectivity index (χ4v) is 4.01. The molecule has 1 atom stereocenters. The number of hydrogen-bond acceptors (Lipinski definition) is 6. The SMILES string of the molecule is CCCCCOc1ccc([C@@H]2/C(=C(\O)c3ccc(C)cc3)C(=O)C(=O)N2c2cc(C)on2)cc1. The second-order valence-electron chi connectivity index (χ2n) is 8.46. The molecule has 0 unspecified atom stereocenters. The predicted molar refractivity (Wildman–Crippen MR) is 129 cm³/mol. The van der Waals surface area contributed by atoms with Crippen molar-refractivity contribution in [2.75, 3.05) is 11.5 Å². The van der Waals surface area contributed by atoms with Crippen molar-refractivity contribution < 1.29 is 24.0 Å². The van der Waals surface area contributed by atoms with Gasteiger partial charge in [-0.3, -0.25) is 14.5 Å². The van der Waals surface area contributed by atoms with Crippen LogP contribution in [0.2, 0.25) is 0 Å². The molecule has 1 aliphatic heterocycles. The van der Waals surface area contributed by atoms with E-state index >= 15 is 0 Å². The van der Waals surface area contributed by atoms with Gasteiger partial charge < -0.3 is 14.4 Å². The van der Waals surface area contributed by atoms with Crippen molar-refractivity contribution in [3.8, 4) is 5.75 Å². The minimum Gasteiger partial charge on any atom is -0.507 e. The number of unbranched alkanes of at least 4 members (excludes halogenated alkanes) is 2. The van der Waals surface area contributed by atoms with Crippen LogP contribution in [0, 0.1) is 13.8 Å². The van der Waals surface area contributed by atoms with E-state index in [0.717, 1.165) is 24.8 Å². The molecule has 0 radical (unpaired) electrons. The molecule has 0 bridgehead atoms. The monoisotopic (exact) mass is 460 g/mol. The third-order valence-corrected chi connectivity index (χ3v) is 5.84. The van der Waals surface area contributed by atoms with Crippen molar-refractivity contribution in [2.45, 2.75) is 46.1 Å². The third-order valence-electron chi connectivity index (χ3n) is 5.84. The van der Waals surface area contributed by atoms with Crippen LogP contribution >= 0.6 is 0 Å². The van der Waals surface area contributed by atoms with Gasteiger partial charge in [-0.25, -0.2) is 0 Å². The van der Waals surface area contributed by atoms with Crippen LogP contribution in [0.4, 0.5) is 5.82 Å². The zero-order valence-electron chi connectivity index (χ0n) is 19.6. The van der Waals surface area contributed by atoms with Crippen LogP contribution < -0.4 is 9.64 Å². The van der Waals surface area contributed by atoms with Gasteiger partial charge in [0, 0.05) is 11.6 Å². The number of Topliss-reactive ketones (excluding diaryl/α,β-unsaturated/α-hetero) is 1. The molecular weight excluding hydrogens is 432 g/mol. The number of rotatable bonds is 8. The minimum absolute atomic E-state index is 0.00567. The average Bonchev–Trinajstić information content (AvgIpc) is 3.37. The van der Waals surface area contributed by atoms with Crippen LogP contribution in [0.15, 0.2) is 64.7 Å². The van der Waals surface area contributed by atoms with Crippen molar-refractivity contribution in [3.05, 3.63) is 82.6 Å². The molecule has 1 aromatic heterocycles. The summed E-state index contributed by atoms with van der Waals surface area (Å²) in [4.78, 5) is 27.5. The lowest BCUT2D eigenvalue weighted by atomic mass is 9.95. The van der Waals surface area contributed by atoms with E-state index in [9.17, 15) is 14.7 Å². The standard InChI is InChI=1S/C27H28N2O5/c1-4-5-6-15-33-21-13-11-19(12-14-21)24-23(25(30)20-9-7-17(2)8-10-20)26(31)27(32)29(24)22-16-18(3)34-28-22/h7-14,16,24,30H,4-6,15H2,1-3H3/b25-23+/t24-/m1/s1. The molecule has 1 aliphatic rings. The van der Waals surface area contributed by atoms with E-state index in [-0.39, 0.29) is 17.2 Å². The summed E-state index contributed by atoms with van der Waals surface area (Å²) in [5.74, 6) is -0.355. The lowest BCUT2D eigenvalue weighted by Gasteiger charge is -2.23. The van der Waals surface area contributed by atoms with E-state index in [1.807, 2.05) is 19.1 Å². The first-order valence-electron chi connectivity index (χ1n) is 11.4. The lowest BCUT2D eigenvalue weighted by Crippen LogP contribution is -2.29. The van der Waals surface area contributed by atoms with Crippen LogP contribution in [-0.2, 0) is 9.59 Å². The number of ether oxygens (including phenoxy) is 1. The number of nitrogens with zero attached hydrogens (tertiary/aromatic N) is 2. The number of amides is 1. The highest BCUT2D eigenvalue weighted by atomic mass is 16.5. The number of carbonyl (C=O) groups excluding carboxylic acids is 2. The van der Waals surface area contributed by atoms with Crippen LogP contribution in [0.1, 0.15) is 54.7 Å². The number of aromatic nitrogens is 1. The first kappa shape index (κ1) is 23.3. The summed E-state index contributed by atoms with van der Waals surface area (Å²) in [6.07, 6.45) is 3.19. The molecule has 1 amide bonds. The largest absolute Gasteiger partial charge is 0.507 e. The Bertz CT molecular complexity index is 1210. The molecule has 2 aromatic carbocycles. The Morgan fingerprint density at radius 3 is 2.38 bits per heavy atom. The van der Waals surface area contributed by atoms with E-state index in [2.05, 4.69) is 12.1 Å². The second-order valence-corrected chi connectivity index (χ2v) is 8.46. The van der Waals surface area contributed by atoms with E-state index in [1.54, 1.807) is 49.4 Å². The average molecular weight is 461 g/mol. The summed E-state index contributed by atoms with van der Waals surface area (Å²) in [7, 11) is 0. The van der Waals surface area contributed by atoms with Gasteiger partial charge in [0.05, 0.1) is 18.2 Å². The first-order valence-corrected chi connectivity index (χ1v) is 11.4. The fraction of sp³-hybridized carbons (Fsp3) is 0.296. The third kappa shape index (κ3) is 4.59. The van der Waals surface area contributed by atoms with Gasteiger partial charge in [0.2, 0.25) is 0 Å². The molecule has 4 rings (SSSR count). The summed E-state index contributed by atoms with van der Waals surface area (Å²) in [5.41, 5.74) is 2.13. The van der Waals surface area contributed by atoms with Gasteiger partial charge in [-0.15, -0.1) is 0 Å². The molecule has 7 nitrogen and oxygen atoms in total. The second kappa shape index (κ2) is 9.95. The van der Waals surface area contributed by atoms with E-state index in [1.165, 1.54) is 4.90 Å². The molecule has 1 fully saturated rings. The summed E-state index contributed by atoms with van der Waals surface area (Å²) in [6, 6.07) is 15.1. The number of aliphatic hydroxyl groups is 1. The van der Waals surface area contributed by atoms with Gasteiger partial charge >= 0.3 is 5.91 Å². The molecule has 0 aliphatic carbocycles. The smallest absolute Gasteiger partial charge is 0.301 e. The highest BCUT2D eigenvalue weighted by molar-refractivity contribution is 6.51. The summed E-state index contributed by atoms with van der Waals surface area (Å²) in [6.45, 7) is 6.40. The van der Waals surface area contributed by atoms with E-state index in [0.29, 0.717) is 29.2 Å². The number of hydrogen-bond donors (Lipinski definition) is 1. The highest BCUT2D eigenvalue weighted by Gasteiger charge is 2.48. The Morgan fingerprint density at radius 2 is 1.76 bits per heavy atom. The summed E-state index contributed by atoms with van der Waals surface area (Å²) >= 11 is 0. The number of carbonyl (C=O) groups is 2. The zero-order valence-corrected chi connectivity index (χ0v) is 19.6.